The van der Waals surface area contributed by atoms with Gasteiger partial charge in [0.2, 0.25) is 0 Å². The average Bonchev–Trinajstić information content (AvgIpc) is 2.75. The molecular formula is C14H16ClN3O2. The maximum absolute atomic E-state index is 11.6. The Labute approximate surface area is 122 Å². The number of halogens is 1. The van der Waals surface area contributed by atoms with Gasteiger partial charge in [-0.25, -0.2) is 4.79 Å². The first-order valence-corrected chi connectivity index (χ1v) is 6.53. The van der Waals surface area contributed by atoms with Gasteiger partial charge in [0, 0.05) is 11.1 Å². The van der Waals surface area contributed by atoms with E-state index in [0.717, 1.165) is 11.3 Å². The number of hydrogen-bond donors (Lipinski definition) is 2. The molecule has 0 bridgehead atoms. The zero-order valence-electron chi connectivity index (χ0n) is 11.5. The first-order chi connectivity index (χ1) is 9.33. The summed E-state index contributed by atoms with van der Waals surface area (Å²) in [6.45, 7) is 5.41. The number of nitrogens with one attached hydrogen (secondary N) is 2. The molecule has 6 heteroatoms. The van der Waals surface area contributed by atoms with Gasteiger partial charge in [0.05, 0.1) is 5.69 Å². The average molecular weight is 294 g/mol. The van der Waals surface area contributed by atoms with E-state index in [2.05, 4.69) is 15.5 Å². The third-order valence-corrected chi connectivity index (χ3v) is 2.61. The van der Waals surface area contributed by atoms with Gasteiger partial charge >= 0.3 is 6.09 Å². The Bertz CT molecular complexity index is 600. The molecule has 1 aromatic carbocycles. The highest BCUT2D eigenvalue weighted by atomic mass is 35.5. The minimum Gasteiger partial charge on any atom is -0.444 e. The van der Waals surface area contributed by atoms with Crippen LogP contribution in [0.4, 0.5) is 10.6 Å². The van der Waals surface area contributed by atoms with Crippen LogP contribution in [0.15, 0.2) is 30.3 Å². The van der Waals surface area contributed by atoms with Gasteiger partial charge in [-0.1, -0.05) is 23.7 Å². The number of nitrogens with zero attached hydrogens (tertiary/aromatic N) is 1. The van der Waals surface area contributed by atoms with Crippen molar-refractivity contribution in [1.29, 1.82) is 0 Å². The molecule has 0 atom stereocenters. The third kappa shape index (κ3) is 3.99. The van der Waals surface area contributed by atoms with Crippen molar-refractivity contribution >= 4 is 23.5 Å². The number of benzene rings is 1. The maximum Gasteiger partial charge on any atom is 0.413 e. The molecule has 0 saturated heterocycles. The standard InChI is InChI=1S/C14H16ClN3O2/c1-14(2,3)20-13(19)16-12-8-11(17-18-12)9-4-6-10(15)7-5-9/h4-8H,1-3H3,(H2,16,17,18,19). The first kappa shape index (κ1) is 14.4. The van der Waals surface area contributed by atoms with Crippen molar-refractivity contribution < 1.29 is 9.53 Å². The van der Waals surface area contributed by atoms with Crippen LogP contribution in [0.1, 0.15) is 20.8 Å². The summed E-state index contributed by atoms with van der Waals surface area (Å²) >= 11 is 5.84. The van der Waals surface area contributed by atoms with Gasteiger partial charge < -0.3 is 4.74 Å². The molecule has 20 heavy (non-hydrogen) atoms. The maximum atomic E-state index is 11.6. The van der Waals surface area contributed by atoms with Crippen LogP contribution >= 0.6 is 11.6 Å². The number of amides is 1. The number of H-pyrrole nitrogens is 1. The topological polar surface area (TPSA) is 67.0 Å². The van der Waals surface area contributed by atoms with Crippen LogP contribution in [0.2, 0.25) is 5.02 Å². The highest BCUT2D eigenvalue weighted by Crippen LogP contribution is 2.22. The molecule has 0 aliphatic carbocycles. The summed E-state index contributed by atoms with van der Waals surface area (Å²) in [6.07, 6.45) is -0.536. The van der Waals surface area contributed by atoms with Gasteiger partial charge in [0.15, 0.2) is 5.82 Å². The molecule has 1 amide bonds. The molecule has 0 spiro atoms. The quantitative estimate of drug-likeness (QED) is 0.877. The summed E-state index contributed by atoms with van der Waals surface area (Å²) in [5.74, 6) is 0.407. The van der Waals surface area contributed by atoms with Crippen molar-refractivity contribution in [3.63, 3.8) is 0 Å². The third-order valence-electron chi connectivity index (χ3n) is 2.36. The fourth-order valence-corrected chi connectivity index (χ4v) is 1.70. The second-order valence-corrected chi connectivity index (χ2v) is 5.74. The van der Waals surface area contributed by atoms with Crippen molar-refractivity contribution in [1.82, 2.24) is 10.2 Å². The Balaban J connectivity index is 2.06. The van der Waals surface area contributed by atoms with Gasteiger partial charge in [0.1, 0.15) is 5.60 Å². The molecule has 2 N–H and O–H groups in total. The van der Waals surface area contributed by atoms with E-state index in [-0.39, 0.29) is 0 Å². The second-order valence-electron chi connectivity index (χ2n) is 5.30. The molecule has 1 heterocycles. The van der Waals surface area contributed by atoms with E-state index < -0.39 is 11.7 Å². The summed E-state index contributed by atoms with van der Waals surface area (Å²) < 4.78 is 5.15. The second kappa shape index (κ2) is 5.54. The predicted octanol–water partition coefficient (Wildman–Crippen LogP) is 4.08. The number of carbonyl (C=O) groups is 1. The number of rotatable bonds is 2. The first-order valence-electron chi connectivity index (χ1n) is 6.15. The SMILES string of the molecule is CC(C)(C)OC(=O)Nc1cc(-c2ccc(Cl)cc2)[nH]n1. The van der Waals surface area contributed by atoms with E-state index in [1.54, 1.807) is 39.0 Å². The van der Waals surface area contributed by atoms with Crippen LogP contribution in [0, 0.1) is 0 Å². The fourth-order valence-electron chi connectivity index (χ4n) is 1.57. The lowest BCUT2D eigenvalue weighted by atomic mass is 10.1. The van der Waals surface area contributed by atoms with Gasteiger partial charge in [-0.2, -0.15) is 5.10 Å². The minimum atomic E-state index is -0.542. The number of carbonyl (C=O) groups excluding carboxylic acids is 1. The van der Waals surface area contributed by atoms with Crippen LogP contribution in [0.25, 0.3) is 11.3 Å². The highest BCUT2D eigenvalue weighted by molar-refractivity contribution is 6.30. The lowest BCUT2D eigenvalue weighted by Gasteiger charge is -2.18. The van der Waals surface area contributed by atoms with E-state index in [0.29, 0.717) is 10.8 Å². The molecular weight excluding hydrogens is 278 g/mol. The number of aromatic amines is 1. The summed E-state index contributed by atoms with van der Waals surface area (Å²) in [7, 11) is 0. The van der Waals surface area contributed by atoms with Gasteiger partial charge in [0.25, 0.3) is 0 Å². The van der Waals surface area contributed by atoms with Crippen LogP contribution in [-0.2, 0) is 4.74 Å². The minimum absolute atomic E-state index is 0.407. The van der Waals surface area contributed by atoms with Crippen molar-refractivity contribution in [3.8, 4) is 11.3 Å². The fraction of sp³-hybridized carbons (Fsp3) is 0.286. The highest BCUT2D eigenvalue weighted by Gasteiger charge is 2.17. The lowest BCUT2D eigenvalue weighted by Crippen LogP contribution is -2.27. The number of hydrogen-bond acceptors (Lipinski definition) is 3. The number of ether oxygens (including phenoxy) is 1. The molecule has 0 fully saturated rings. The zero-order valence-corrected chi connectivity index (χ0v) is 12.3. The monoisotopic (exact) mass is 293 g/mol. The van der Waals surface area contributed by atoms with Crippen molar-refractivity contribution in [2.75, 3.05) is 5.32 Å². The molecule has 1 aromatic heterocycles. The molecule has 0 saturated carbocycles. The molecule has 106 valence electrons. The Hall–Kier alpha value is -2.01. The van der Waals surface area contributed by atoms with Crippen LogP contribution in [0.5, 0.6) is 0 Å². The normalized spacial score (nSPS) is 11.2. The Morgan fingerprint density at radius 1 is 1.30 bits per heavy atom. The van der Waals surface area contributed by atoms with E-state index in [1.165, 1.54) is 0 Å². The molecule has 2 rings (SSSR count). The van der Waals surface area contributed by atoms with Crippen LogP contribution < -0.4 is 5.32 Å². The summed E-state index contributed by atoms with van der Waals surface area (Å²) in [5.41, 5.74) is 1.17. The smallest absolute Gasteiger partial charge is 0.413 e. The van der Waals surface area contributed by atoms with E-state index in [1.807, 2.05) is 12.1 Å². The molecule has 0 aliphatic rings. The van der Waals surface area contributed by atoms with Crippen molar-refractivity contribution in [2.24, 2.45) is 0 Å². The zero-order chi connectivity index (χ0) is 14.8. The molecule has 0 aliphatic heterocycles. The van der Waals surface area contributed by atoms with Gasteiger partial charge in [-0.15, -0.1) is 0 Å². The lowest BCUT2D eigenvalue weighted by molar-refractivity contribution is 0.0635. The van der Waals surface area contributed by atoms with Crippen LogP contribution in [-0.4, -0.2) is 21.9 Å². The van der Waals surface area contributed by atoms with E-state index >= 15 is 0 Å². The Morgan fingerprint density at radius 3 is 2.55 bits per heavy atom. The van der Waals surface area contributed by atoms with Crippen LogP contribution in [0.3, 0.4) is 0 Å². The van der Waals surface area contributed by atoms with E-state index in [9.17, 15) is 4.79 Å². The Kier molecular flexibility index (Phi) is 3.99. The van der Waals surface area contributed by atoms with E-state index in [4.69, 9.17) is 16.3 Å². The number of aromatic nitrogens is 2. The predicted molar refractivity (Wildman–Crippen MR) is 78.9 cm³/mol. The summed E-state index contributed by atoms with van der Waals surface area (Å²) in [6, 6.07) is 9.05. The largest absolute Gasteiger partial charge is 0.444 e. The molecule has 5 nitrogen and oxygen atoms in total. The molecule has 2 aromatic rings. The summed E-state index contributed by atoms with van der Waals surface area (Å²) in [4.78, 5) is 11.6. The molecule has 0 unspecified atom stereocenters. The Morgan fingerprint density at radius 2 is 1.95 bits per heavy atom. The van der Waals surface area contributed by atoms with Crippen molar-refractivity contribution in [2.45, 2.75) is 26.4 Å². The van der Waals surface area contributed by atoms with Crippen molar-refractivity contribution in [3.05, 3.63) is 35.4 Å². The number of anilines is 1. The molecule has 0 radical (unpaired) electrons. The van der Waals surface area contributed by atoms with Gasteiger partial charge in [-0.05, 0) is 38.5 Å². The summed E-state index contributed by atoms with van der Waals surface area (Å²) in [5, 5.41) is 10.1. The van der Waals surface area contributed by atoms with Gasteiger partial charge in [-0.3, -0.25) is 10.4 Å².